The first-order valence-electron chi connectivity index (χ1n) is 6.12. The van der Waals surface area contributed by atoms with E-state index in [1.54, 1.807) is 12.1 Å². The number of benzene rings is 2. The van der Waals surface area contributed by atoms with Gasteiger partial charge in [-0.05, 0) is 48.7 Å². The summed E-state index contributed by atoms with van der Waals surface area (Å²) in [5.74, 6) is 0.705. The summed E-state index contributed by atoms with van der Waals surface area (Å²) in [6.07, 6.45) is 0. The molecular formula is C16H17FO2. The van der Waals surface area contributed by atoms with Gasteiger partial charge < -0.3 is 9.47 Å². The molecule has 0 radical (unpaired) electrons. The summed E-state index contributed by atoms with van der Waals surface area (Å²) in [6.45, 7) is 4.34. The molecule has 0 spiro atoms. The van der Waals surface area contributed by atoms with E-state index in [9.17, 15) is 4.39 Å². The lowest BCUT2D eigenvalue weighted by Gasteiger charge is -2.10. The van der Waals surface area contributed by atoms with Crippen LogP contribution >= 0.6 is 0 Å². The molecule has 0 saturated carbocycles. The van der Waals surface area contributed by atoms with E-state index in [1.165, 1.54) is 13.2 Å². The van der Waals surface area contributed by atoms with Gasteiger partial charge in [0.2, 0.25) is 0 Å². The van der Waals surface area contributed by atoms with Crippen molar-refractivity contribution in [2.75, 3.05) is 7.11 Å². The molecule has 0 fully saturated rings. The Hall–Kier alpha value is -2.03. The summed E-state index contributed by atoms with van der Waals surface area (Å²) >= 11 is 0. The molecule has 19 heavy (non-hydrogen) atoms. The van der Waals surface area contributed by atoms with E-state index in [0.29, 0.717) is 6.61 Å². The van der Waals surface area contributed by atoms with Crippen molar-refractivity contribution in [3.05, 3.63) is 58.9 Å². The van der Waals surface area contributed by atoms with Gasteiger partial charge in [-0.1, -0.05) is 18.2 Å². The van der Waals surface area contributed by atoms with Gasteiger partial charge in [-0.3, -0.25) is 0 Å². The minimum absolute atomic E-state index is 0.246. The van der Waals surface area contributed by atoms with Crippen LogP contribution in [0.3, 0.4) is 0 Å². The van der Waals surface area contributed by atoms with Crippen LogP contribution < -0.4 is 9.47 Å². The fourth-order valence-electron chi connectivity index (χ4n) is 1.82. The Bertz CT molecular complexity index is 579. The number of aryl methyl sites for hydroxylation is 2. The topological polar surface area (TPSA) is 18.5 Å². The van der Waals surface area contributed by atoms with E-state index < -0.39 is 0 Å². The molecule has 0 saturated heterocycles. The average Bonchev–Trinajstić information content (AvgIpc) is 2.40. The van der Waals surface area contributed by atoms with Crippen LogP contribution in [0.5, 0.6) is 11.5 Å². The molecule has 0 aromatic heterocycles. The van der Waals surface area contributed by atoms with Crippen LogP contribution in [0.25, 0.3) is 0 Å². The molecule has 2 aromatic carbocycles. The van der Waals surface area contributed by atoms with Crippen LogP contribution in [0.1, 0.15) is 16.7 Å². The number of hydrogen-bond acceptors (Lipinski definition) is 2. The van der Waals surface area contributed by atoms with Crippen molar-refractivity contribution in [3.8, 4) is 11.5 Å². The molecule has 3 heteroatoms. The highest BCUT2D eigenvalue weighted by Gasteiger charge is 2.05. The number of ether oxygens (including phenoxy) is 2. The lowest BCUT2D eigenvalue weighted by Crippen LogP contribution is -1.99. The Morgan fingerprint density at radius 2 is 1.79 bits per heavy atom. The first-order chi connectivity index (χ1) is 9.10. The maximum absolute atomic E-state index is 13.5. The number of hydrogen-bond donors (Lipinski definition) is 0. The largest absolute Gasteiger partial charge is 0.494 e. The van der Waals surface area contributed by atoms with Gasteiger partial charge in [-0.15, -0.1) is 0 Å². The predicted molar refractivity (Wildman–Crippen MR) is 73.2 cm³/mol. The van der Waals surface area contributed by atoms with Crippen molar-refractivity contribution >= 4 is 0 Å². The smallest absolute Gasteiger partial charge is 0.165 e. The van der Waals surface area contributed by atoms with Gasteiger partial charge in [-0.2, -0.15) is 0 Å². The summed E-state index contributed by atoms with van der Waals surface area (Å²) in [4.78, 5) is 0. The third-order valence-electron chi connectivity index (χ3n) is 2.95. The fraction of sp³-hybridized carbons (Fsp3) is 0.250. The molecule has 0 heterocycles. The molecule has 100 valence electrons. The third-order valence-corrected chi connectivity index (χ3v) is 2.95. The Morgan fingerprint density at radius 3 is 2.47 bits per heavy atom. The van der Waals surface area contributed by atoms with Gasteiger partial charge in [0, 0.05) is 0 Å². The van der Waals surface area contributed by atoms with Crippen LogP contribution in [0.15, 0.2) is 36.4 Å². The molecule has 0 aliphatic heterocycles. The van der Waals surface area contributed by atoms with E-state index in [2.05, 4.69) is 0 Å². The van der Waals surface area contributed by atoms with E-state index in [-0.39, 0.29) is 11.6 Å². The minimum atomic E-state index is -0.371. The zero-order valence-corrected chi connectivity index (χ0v) is 11.4. The number of rotatable bonds is 4. The Morgan fingerprint density at radius 1 is 1.00 bits per heavy atom. The molecular weight excluding hydrogens is 243 g/mol. The summed E-state index contributed by atoms with van der Waals surface area (Å²) in [5.41, 5.74) is 2.99. The van der Waals surface area contributed by atoms with Crippen molar-refractivity contribution < 1.29 is 13.9 Å². The number of halogens is 1. The summed E-state index contributed by atoms with van der Waals surface area (Å²) < 4.78 is 24.1. The van der Waals surface area contributed by atoms with Crippen molar-refractivity contribution in [1.29, 1.82) is 0 Å². The van der Waals surface area contributed by atoms with Crippen LogP contribution in [-0.2, 0) is 6.61 Å². The van der Waals surface area contributed by atoms with Crippen LogP contribution in [0.2, 0.25) is 0 Å². The molecule has 0 amide bonds. The molecule has 0 N–H and O–H groups in total. The van der Waals surface area contributed by atoms with Gasteiger partial charge in [0.15, 0.2) is 11.6 Å². The lowest BCUT2D eigenvalue weighted by molar-refractivity contribution is 0.302. The highest BCUT2D eigenvalue weighted by molar-refractivity contribution is 5.36. The van der Waals surface area contributed by atoms with Gasteiger partial charge in [0.25, 0.3) is 0 Å². The van der Waals surface area contributed by atoms with Gasteiger partial charge >= 0.3 is 0 Å². The van der Waals surface area contributed by atoms with E-state index in [1.807, 2.05) is 32.0 Å². The van der Waals surface area contributed by atoms with Crippen LogP contribution in [0.4, 0.5) is 4.39 Å². The van der Waals surface area contributed by atoms with Gasteiger partial charge in [-0.25, -0.2) is 4.39 Å². The SMILES string of the molecule is COc1ccc(COc2cc(C)ccc2C)cc1F. The molecule has 0 unspecified atom stereocenters. The summed E-state index contributed by atoms with van der Waals surface area (Å²) in [5, 5.41) is 0. The molecule has 0 bridgehead atoms. The third kappa shape index (κ3) is 3.25. The molecule has 0 aliphatic rings. The predicted octanol–water partition coefficient (Wildman–Crippen LogP) is 4.03. The Kier molecular flexibility index (Phi) is 4.05. The lowest BCUT2D eigenvalue weighted by atomic mass is 10.1. The molecule has 0 atom stereocenters. The van der Waals surface area contributed by atoms with Crippen LogP contribution in [0, 0.1) is 19.7 Å². The Balaban J connectivity index is 2.10. The Labute approximate surface area is 112 Å². The van der Waals surface area contributed by atoms with E-state index in [0.717, 1.165) is 22.4 Å². The first-order valence-corrected chi connectivity index (χ1v) is 6.12. The minimum Gasteiger partial charge on any atom is -0.494 e. The van der Waals surface area contributed by atoms with Gasteiger partial charge in [0.1, 0.15) is 12.4 Å². The zero-order valence-electron chi connectivity index (χ0n) is 11.4. The summed E-state index contributed by atoms with van der Waals surface area (Å²) in [7, 11) is 1.45. The monoisotopic (exact) mass is 260 g/mol. The maximum atomic E-state index is 13.5. The van der Waals surface area contributed by atoms with Crippen molar-refractivity contribution in [2.24, 2.45) is 0 Å². The molecule has 2 aromatic rings. The second-order valence-electron chi connectivity index (χ2n) is 4.53. The quantitative estimate of drug-likeness (QED) is 0.826. The van der Waals surface area contributed by atoms with Crippen molar-refractivity contribution in [3.63, 3.8) is 0 Å². The summed E-state index contributed by atoms with van der Waals surface area (Å²) in [6, 6.07) is 10.9. The first kappa shape index (κ1) is 13.4. The van der Waals surface area contributed by atoms with E-state index in [4.69, 9.17) is 9.47 Å². The maximum Gasteiger partial charge on any atom is 0.165 e. The zero-order chi connectivity index (χ0) is 13.8. The fourth-order valence-corrected chi connectivity index (χ4v) is 1.82. The second kappa shape index (κ2) is 5.74. The highest BCUT2D eigenvalue weighted by atomic mass is 19.1. The highest BCUT2D eigenvalue weighted by Crippen LogP contribution is 2.22. The van der Waals surface area contributed by atoms with E-state index >= 15 is 0 Å². The molecule has 2 rings (SSSR count). The second-order valence-corrected chi connectivity index (χ2v) is 4.53. The molecule has 2 nitrogen and oxygen atoms in total. The normalized spacial score (nSPS) is 10.3. The van der Waals surface area contributed by atoms with Crippen LogP contribution in [-0.4, -0.2) is 7.11 Å². The molecule has 0 aliphatic carbocycles. The standard InChI is InChI=1S/C16H17FO2/c1-11-4-5-12(2)16(8-11)19-10-13-6-7-15(18-3)14(17)9-13/h4-9H,10H2,1-3H3. The number of methoxy groups -OCH3 is 1. The van der Waals surface area contributed by atoms with Crippen molar-refractivity contribution in [2.45, 2.75) is 20.5 Å². The van der Waals surface area contributed by atoms with Gasteiger partial charge in [0.05, 0.1) is 7.11 Å². The average molecular weight is 260 g/mol. The van der Waals surface area contributed by atoms with Crippen molar-refractivity contribution in [1.82, 2.24) is 0 Å².